The summed E-state index contributed by atoms with van der Waals surface area (Å²) < 4.78 is 33.3. The number of hydrogen-bond donors (Lipinski definition) is 2. The van der Waals surface area contributed by atoms with Gasteiger partial charge < -0.3 is 7.16 Å². The molecule has 4 aromatic rings. The maximum atomic E-state index is 11.8. The second kappa shape index (κ2) is 9.30. The Labute approximate surface area is 204 Å². The number of aryl methyl sites for hydroxylation is 1. The van der Waals surface area contributed by atoms with Crippen molar-refractivity contribution in [1.82, 2.24) is 0 Å². The van der Waals surface area contributed by atoms with Gasteiger partial charge in [0.05, 0.1) is 11.4 Å². The second-order valence-electron chi connectivity index (χ2n) is 6.94. The molecule has 6 nitrogen and oxygen atoms in total. The van der Waals surface area contributed by atoms with Crippen LogP contribution in [0.1, 0.15) is 6.99 Å². The summed E-state index contributed by atoms with van der Waals surface area (Å²) in [6.07, 6.45) is 0. The molecule has 0 aliphatic carbocycles. The van der Waals surface area contributed by atoms with Gasteiger partial charge >= 0.3 is 29.6 Å². The number of fused-ring (bicyclic) bond motifs is 1. The molecule has 4 rings (SSSR count). The van der Waals surface area contributed by atoms with E-state index in [0.717, 1.165) is 11.1 Å². The Kier molecular flexibility index (Phi) is 6.93. The summed E-state index contributed by atoms with van der Waals surface area (Å²) >= 11 is 0. The summed E-state index contributed by atoms with van der Waals surface area (Å²) in [5.74, 6) is 0. The third-order valence-corrected chi connectivity index (χ3v) is 5.69. The first kappa shape index (κ1) is 23.1. The van der Waals surface area contributed by atoms with Gasteiger partial charge in [0, 0.05) is 10.8 Å². The smallest absolute Gasteiger partial charge is 1.00 e. The van der Waals surface area contributed by atoms with Crippen LogP contribution in [-0.2, 0) is 10.1 Å². The van der Waals surface area contributed by atoms with Crippen LogP contribution in [0.15, 0.2) is 94.0 Å². The Morgan fingerprint density at radius 2 is 1.52 bits per heavy atom. The molecule has 0 saturated heterocycles. The maximum absolute atomic E-state index is 11.8. The molecule has 0 spiro atoms. The van der Waals surface area contributed by atoms with Gasteiger partial charge in [-0.3, -0.25) is 4.55 Å². The first-order valence-corrected chi connectivity index (χ1v) is 10.6. The number of nitrogens with two attached hydrogens (primary N) is 1. The van der Waals surface area contributed by atoms with Crippen molar-refractivity contribution in [3.63, 3.8) is 0 Å². The molecule has 3 N–H and O–H groups in total. The summed E-state index contributed by atoms with van der Waals surface area (Å²) in [6.45, 7) is 2.04. The van der Waals surface area contributed by atoms with Crippen LogP contribution in [0.25, 0.3) is 21.9 Å². The Bertz CT molecular complexity index is 1390. The minimum atomic E-state index is -4.45. The zero-order valence-corrected chi connectivity index (χ0v) is 20.0. The van der Waals surface area contributed by atoms with Gasteiger partial charge in [-0.2, -0.15) is 13.5 Å². The summed E-state index contributed by atoms with van der Waals surface area (Å²) in [4.78, 5) is -0.254. The van der Waals surface area contributed by atoms with Crippen LogP contribution in [0.2, 0.25) is 0 Å². The van der Waals surface area contributed by atoms with E-state index < -0.39 is 10.1 Å². The molecule has 0 aliphatic rings. The number of nitrogen functional groups attached to an aromatic ring is 1. The molecule has 8 heteroatoms. The van der Waals surface area contributed by atoms with Gasteiger partial charge in [0.1, 0.15) is 10.6 Å². The van der Waals surface area contributed by atoms with Crippen molar-refractivity contribution in [2.75, 3.05) is 5.73 Å². The van der Waals surface area contributed by atoms with E-state index in [0.29, 0.717) is 16.5 Å². The van der Waals surface area contributed by atoms with Crippen molar-refractivity contribution < 1.29 is 44.0 Å². The standard InChI is InChI=1S/C23H19N3O3S.Na.H/c1-15-5-4-6-17(13-15)16-9-11-18(12-10-16)25-26-21-14-22(30(27,28)29)19-7-2-3-8-20(19)23(21)24;;/h2-14H,24H2,1H3,(H,27,28,29);;/q;+1;-1. The van der Waals surface area contributed by atoms with E-state index >= 15 is 0 Å². The number of benzene rings is 4. The number of anilines is 1. The van der Waals surface area contributed by atoms with E-state index in [1.54, 1.807) is 24.3 Å². The van der Waals surface area contributed by atoms with E-state index in [2.05, 4.69) is 16.3 Å². The van der Waals surface area contributed by atoms with Crippen molar-refractivity contribution in [2.45, 2.75) is 11.8 Å². The minimum Gasteiger partial charge on any atom is -1.00 e. The Hall–Kier alpha value is -2.55. The molecule has 0 aliphatic heterocycles. The molecule has 31 heavy (non-hydrogen) atoms. The minimum absolute atomic E-state index is 0. The molecule has 0 aromatic heterocycles. The fraction of sp³-hybridized carbons (Fsp3) is 0.0435. The fourth-order valence-corrected chi connectivity index (χ4v) is 4.02. The zero-order chi connectivity index (χ0) is 21.3. The second-order valence-corrected chi connectivity index (χ2v) is 8.33. The topological polar surface area (TPSA) is 105 Å². The van der Waals surface area contributed by atoms with Gasteiger partial charge in [0.25, 0.3) is 10.1 Å². The van der Waals surface area contributed by atoms with E-state index in [1.165, 1.54) is 11.6 Å². The van der Waals surface area contributed by atoms with Crippen molar-refractivity contribution in [3.8, 4) is 11.1 Å². The summed E-state index contributed by atoms with van der Waals surface area (Å²) in [7, 11) is -4.45. The molecule has 0 heterocycles. The van der Waals surface area contributed by atoms with Crippen LogP contribution in [0.4, 0.5) is 17.1 Å². The molecular weight excluding hydrogens is 421 g/mol. The van der Waals surface area contributed by atoms with Crippen molar-refractivity contribution >= 4 is 38.0 Å². The summed E-state index contributed by atoms with van der Waals surface area (Å²) in [5, 5.41) is 9.14. The molecule has 0 fully saturated rings. The average molecular weight is 441 g/mol. The number of hydrogen-bond acceptors (Lipinski definition) is 5. The first-order valence-electron chi connectivity index (χ1n) is 9.20. The summed E-state index contributed by atoms with van der Waals surface area (Å²) in [5.41, 5.74) is 10.6. The molecule has 0 amide bonds. The van der Waals surface area contributed by atoms with Crippen LogP contribution in [-0.4, -0.2) is 13.0 Å². The average Bonchev–Trinajstić information content (AvgIpc) is 2.73. The SMILES string of the molecule is Cc1cccc(-c2ccc(N=Nc3cc(S(=O)(=O)O)c4ccccc4c3N)cc2)c1.[H-].[Na+]. The quantitative estimate of drug-likeness (QED) is 0.220. The van der Waals surface area contributed by atoms with Crippen LogP contribution in [0.5, 0.6) is 0 Å². The van der Waals surface area contributed by atoms with Crippen molar-refractivity contribution in [2.24, 2.45) is 10.2 Å². The van der Waals surface area contributed by atoms with Crippen LogP contribution < -0.4 is 35.3 Å². The third kappa shape index (κ3) is 5.03. The molecule has 0 unspecified atom stereocenters. The number of azo groups is 1. The molecule has 4 aromatic carbocycles. The van der Waals surface area contributed by atoms with Crippen LogP contribution in [0, 0.1) is 6.92 Å². The monoisotopic (exact) mass is 441 g/mol. The molecule has 0 bridgehead atoms. The van der Waals surface area contributed by atoms with Gasteiger partial charge in [-0.25, -0.2) is 0 Å². The zero-order valence-electron chi connectivity index (χ0n) is 18.1. The molecule has 0 radical (unpaired) electrons. The van der Waals surface area contributed by atoms with Gasteiger partial charge in [0.2, 0.25) is 0 Å². The Balaban J connectivity index is 0.00000181. The number of nitrogens with zero attached hydrogens (tertiary/aromatic N) is 2. The van der Waals surface area contributed by atoms with E-state index in [4.69, 9.17) is 5.73 Å². The van der Waals surface area contributed by atoms with Gasteiger partial charge in [-0.15, -0.1) is 5.11 Å². The van der Waals surface area contributed by atoms with Crippen LogP contribution >= 0.6 is 0 Å². The van der Waals surface area contributed by atoms with Crippen molar-refractivity contribution in [1.29, 1.82) is 0 Å². The van der Waals surface area contributed by atoms with Gasteiger partial charge in [0.15, 0.2) is 0 Å². The molecule has 0 saturated carbocycles. The molecule has 152 valence electrons. The predicted octanol–water partition coefficient (Wildman–Crippen LogP) is 3.18. The predicted molar refractivity (Wildman–Crippen MR) is 120 cm³/mol. The van der Waals surface area contributed by atoms with Crippen molar-refractivity contribution in [3.05, 3.63) is 84.4 Å². The van der Waals surface area contributed by atoms with E-state index in [1.807, 2.05) is 49.4 Å². The number of rotatable bonds is 4. The summed E-state index contributed by atoms with van der Waals surface area (Å²) in [6, 6.07) is 23.6. The largest absolute Gasteiger partial charge is 1.00 e. The first-order chi connectivity index (χ1) is 14.3. The van der Waals surface area contributed by atoms with Gasteiger partial charge in [-0.05, 0) is 36.2 Å². The molecular formula is C23H20N3NaO3S. The fourth-order valence-electron chi connectivity index (χ4n) is 3.30. The van der Waals surface area contributed by atoms with Crippen LogP contribution in [0.3, 0.4) is 0 Å². The van der Waals surface area contributed by atoms with E-state index in [-0.39, 0.29) is 47.3 Å². The normalized spacial score (nSPS) is 11.5. The Morgan fingerprint density at radius 3 is 2.16 bits per heavy atom. The molecule has 0 atom stereocenters. The van der Waals surface area contributed by atoms with E-state index in [9.17, 15) is 13.0 Å². The van der Waals surface area contributed by atoms with Gasteiger partial charge in [-0.1, -0.05) is 66.2 Å². The third-order valence-electron chi connectivity index (χ3n) is 4.80. The maximum Gasteiger partial charge on any atom is 1.00 e. The Morgan fingerprint density at radius 1 is 0.839 bits per heavy atom.